The largest absolute Gasteiger partial charge is 0.103 e. The standard InChI is InChI=1S/C20H22/c1-2-18-15-20(18)19(13-16-9-5-3-6-10-16)14-17-11-7-4-8-12-17/h2-12,18-20H,1,13-15H2. The average Bonchev–Trinajstić information content (AvgIpc) is 3.28. The summed E-state index contributed by atoms with van der Waals surface area (Å²) >= 11 is 0. The van der Waals surface area contributed by atoms with Gasteiger partial charge in [0, 0.05) is 0 Å². The average molecular weight is 262 g/mol. The minimum Gasteiger partial charge on any atom is -0.103 e. The third kappa shape index (κ3) is 3.19. The predicted octanol–water partition coefficient (Wildman–Crippen LogP) is 4.91. The summed E-state index contributed by atoms with van der Waals surface area (Å²) in [6.07, 6.45) is 5.84. The Morgan fingerprint density at radius 2 is 1.40 bits per heavy atom. The monoisotopic (exact) mass is 262 g/mol. The van der Waals surface area contributed by atoms with Crippen molar-refractivity contribution in [3.8, 4) is 0 Å². The highest BCUT2D eigenvalue weighted by Crippen LogP contribution is 2.47. The van der Waals surface area contributed by atoms with Gasteiger partial charge < -0.3 is 0 Å². The molecule has 1 aliphatic carbocycles. The zero-order valence-electron chi connectivity index (χ0n) is 11.9. The molecule has 1 aliphatic rings. The lowest BCUT2D eigenvalue weighted by Gasteiger charge is -2.17. The number of hydrogen-bond acceptors (Lipinski definition) is 0. The Kier molecular flexibility index (Phi) is 4.01. The normalized spacial score (nSPS) is 20.9. The first-order valence-electron chi connectivity index (χ1n) is 7.57. The van der Waals surface area contributed by atoms with Crippen molar-refractivity contribution in [3.63, 3.8) is 0 Å². The van der Waals surface area contributed by atoms with Gasteiger partial charge in [0.25, 0.3) is 0 Å². The lowest BCUT2D eigenvalue weighted by Crippen LogP contribution is -2.12. The Hall–Kier alpha value is -1.82. The van der Waals surface area contributed by atoms with Crippen LogP contribution in [0.5, 0.6) is 0 Å². The lowest BCUT2D eigenvalue weighted by atomic mass is 9.88. The molecular formula is C20H22. The van der Waals surface area contributed by atoms with Gasteiger partial charge in [-0.3, -0.25) is 0 Å². The van der Waals surface area contributed by atoms with Crippen LogP contribution in [0, 0.1) is 17.8 Å². The van der Waals surface area contributed by atoms with E-state index in [9.17, 15) is 0 Å². The summed E-state index contributed by atoms with van der Waals surface area (Å²) in [7, 11) is 0. The van der Waals surface area contributed by atoms with Crippen LogP contribution in [0.3, 0.4) is 0 Å². The molecule has 0 bridgehead atoms. The molecule has 102 valence electrons. The van der Waals surface area contributed by atoms with Gasteiger partial charge in [0.1, 0.15) is 0 Å². The fourth-order valence-electron chi connectivity index (χ4n) is 3.26. The van der Waals surface area contributed by atoms with Crippen LogP contribution in [0.15, 0.2) is 73.3 Å². The summed E-state index contributed by atoms with van der Waals surface area (Å²) in [5.74, 6) is 2.31. The molecule has 1 saturated carbocycles. The van der Waals surface area contributed by atoms with Crippen LogP contribution >= 0.6 is 0 Å². The van der Waals surface area contributed by atoms with Crippen molar-refractivity contribution >= 4 is 0 Å². The summed E-state index contributed by atoms with van der Waals surface area (Å²) in [6.45, 7) is 3.97. The van der Waals surface area contributed by atoms with Crippen molar-refractivity contribution in [3.05, 3.63) is 84.4 Å². The molecule has 0 heteroatoms. The number of benzene rings is 2. The van der Waals surface area contributed by atoms with E-state index >= 15 is 0 Å². The van der Waals surface area contributed by atoms with Gasteiger partial charge in [0.2, 0.25) is 0 Å². The summed E-state index contributed by atoms with van der Waals surface area (Å²) in [5, 5.41) is 0. The van der Waals surface area contributed by atoms with E-state index in [4.69, 9.17) is 0 Å². The minimum atomic E-state index is 0.739. The van der Waals surface area contributed by atoms with Gasteiger partial charge in [-0.2, -0.15) is 0 Å². The minimum absolute atomic E-state index is 0.739. The van der Waals surface area contributed by atoms with E-state index in [0.717, 1.165) is 17.8 Å². The van der Waals surface area contributed by atoms with Crippen LogP contribution < -0.4 is 0 Å². The molecule has 2 aromatic carbocycles. The molecule has 0 nitrogen and oxygen atoms in total. The molecule has 0 N–H and O–H groups in total. The Morgan fingerprint density at radius 3 is 1.80 bits per heavy atom. The van der Waals surface area contributed by atoms with Crippen LogP contribution in [0.25, 0.3) is 0 Å². The Labute approximate surface area is 122 Å². The van der Waals surface area contributed by atoms with E-state index in [2.05, 4.69) is 73.3 Å². The highest BCUT2D eigenvalue weighted by molar-refractivity contribution is 5.20. The van der Waals surface area contributed by atoms with Crippen LogP contribution in [-0.2, 0) is 12.8 Å². The van der Waals surface area contributed by atoms with Gasteiger partial charge in [-0.15, -0.1) is 6.58 Å². The van der Waals surface area contributed by atoms with Crippen molar-refractivity contribution in [2.24, 2.45) is 17.8 Å². The highest BCUT2D eigenvalue weighted by atomic mass is 14.4. The molecule has 2 unspecified atom stereocenters. The SMILES string of the molecule is C=CC1CC1C(Cc1ccccc1)Cc1ccccc1. The van der Waals surface area contributed by atoms with Gasteiger partial charge in [-0.25, -0.2) is 0 Å². The molecule has 0 aromatic heterocycles. The van der Waals surface area contributed by atoms with E-state index in [0.29, 0.717) is 0 Å². The van der Waals surface area contributed by atoms with E-state index in [1.165, 1.54) is 30.4 Å². The number of hydrogen-bond donors (Lipinski definition) is 0. The van der Waals surface area contributed by atoms with Gasteiger partial charge in [0.05, 0.1) is 0 Å². The molecule has 20 heavy (non-hydrogen) atoms. The fourth-order valence-corrected chi connectivity index (χ4v) is 3.26. The molecule has 0 heterocycles. The van der Waals surface area contributed by atoms with E-state index in [1.54, 1.807) is 0 Å². The van der Waals surface area contributed by atoms with Gasteiger partial charge >= 0.3 is 0 Å². The lowest BCUT2D eigenvalue weighted by molar-refractivity contribution is 0.443. The second kappa shape index (κ2) is 6.09. The van der Waals surface area contributed by atoms with Crippen molar-refractivity contribution in [1.82, 2.24) is 0 Å². The molecule has 0 aliphatic heterocycles. The van der Waals surface area contributed by atoms with Crippen LogP contribution in [0.2, 0.25) is 0 Å². The summed E-state index contributed by atoms with van der Waals surface area (Å²) in [4.78, 5) is 0. The van der Waals surface area contributed by atoms with Crippen molar-refractivity contribution < 1.29 is 0 Å². The predicted molar refractivity (Wildman–Crippen MR) is 85.6 cm³/mol. The van der Waals surface area contributed by atoms with E-state index in [-0.39, 0.29) is 0 Å². The van der Waals surface area contributed by atoms with Crippen LogP contribution in [0.4, 0.5) is 0 Å². The molecule has 0 amide bonds. The summed E-state index contributed by atoms with van der Waals surface area (Å²) in [6, 6.07) is 21.8. The molecule has 0 saturated heterocycles. The molecule has 2 atom stereocenters. The zero-order valence-corrected chi connectivity index (χ0v) is 11.9. The molecule has 0 spiro atoms. The Morgan fingerprint density at radius 1 is 0.900 bits per heavy atom. The third-order valence-electron chi connectivity index (χ3n) is 4.48. The smallest absolute Gasteiger partial charge is 0.0202 e. The second-order valence-corrected chi connectivity index (χ2v) is 5.94. The summed E-state index contributed by atoms with van der Waals surface area (Å²) in [5.41, 5.74) is 2.92. The first-order chi connectivity index (χ1) is 9.86. The van der Waals surface area contributed by atoms with Gasteiger partial charge in [-0.1, -0.05) is 66.7 Å². The second-order valence-electron chi connectivity index (χ2n) is 5.94. The Bertz CT molecular complexity index is 499. The first kappa shape index (κ1) is 13.2. The van der Waals surface area contributed by atoms with Crippen LogP contribution in [-0.4, -0.2) is 0 Å². The quantitative estimate of drug-likeness (QED) is 0.649. The summed E-state index contributed by atoms with van der Waals surface area (Å²) < 4.78 is 0. The zero-order chi connectivity index (χ0) is 13.8. The van der Waals surface area contributed by atoms with E-state index < -0.39 is 0 Å². The molecule has 3 rings (SSSR count). The highest BCUT2D eigenvalue weighted by Gasteiger charge is 2.40. The maximum absolute atomic E-state index is 3.97. The van der Waals surface area contributed by atoms with Crippen molar-refractivity contribution in [1.29, 1.82) is 0 Å². The van der Waals surface area contributed by atoms with Gasteiger partial charge in [0.15, 0.2) is 0 Å². The number of allylic oxidation sites excluding steroid dienone is 1. The van der Waals surface area contributed by atoms with Crippen LogP contribution in [0.1, 0.15) is 17.5 Å². The molecule has 2 aromatic rings. The maximum atomic E-state index is 3.97. The maximum Gasteiger partial charge on any atom is -0.0202 e. The third-order valence-corrected chi connectivity index (χ3v) is 4.48. The van der Waals surface area contributed by atoms with Crippen molar-refractivity contribution in [2.45, 2.75) is 19.3 Å². The van der Waals surface area contributed by atoms with Crippen molar-refractivity contribution in [2.75, 3.05) is 0 Å². The Balaban J connectivity index is 1.73. The molecule has 0 radical (unpaired) electrons. The first-order valence-corrected chi connectivity index (χ1v) is 7.57. The number of rotatable bonds is 6. The molecule has 1 fully saturated rings. The van der Waals surface area contributed by atoms with Gasteiger partial charge in [-0.05, 0) is 48.1 Å². The molecular weight excluding hydrogens is 240 g/mol. The van der Waals surface area contributed by atoms with E-state index in [1.807, 2.05) is 0 Å². The fraction of sp³-hybridized carbons (Fsp3) is 0.300. The topological polar surface area (TPSA) is 0 Å².